The summed E-state index contributed by atoms with van der Waals surface area (Å²) >= 11 is 3.34. The van der Waals surface area contributed by atoms with Gasteiger partial charge in [-0.2, -0.15) is 0 Å². The van der Waals surface area contributed by atoms with Crippen LogP contribution in [0.4, 0.5) is 0 Å². The number of benzene rings is 1. The first-order valence-electron chi connectivity index (χ1n) is 6.51. The van der Waals surface area contributed by atoms with Crippen molar-refractivity contribution in [3.63, 3.8) is 0 Å². The summed E-state index contributed by atoms with van der Waals surface area (Å²) in [6.45, 7) is 6.18. The standard InChI is InChI=1S/C14H20BrNO2S/c1-10-6-7-12(11(15)9-10)19(17,18)16-13-5-4-8-14(13,2)3/h6-7,9,13,16H,4-5,8H2,1-3H3. The molecule has 19 heavy (non-hydrogen) atoms. The number of aryl methyl sites for hydroxylation is 1. The van der Waals surface area contributed by atoms with E-state index in [1.807, 2.05) is 19.1 Å². The summed E-state index contributed by atoms with van der Waals surface area (Å²) in [5.41, 5.74) is 1.07. The number of sulfonamides is 1. The van der Waals surface area contributed by atoms with Gasteiger partial charge in [-0.15, -0.1) is 0 Å². The Bertz CT molecular complexity index is 581. The second-order valence-electron chi connectivity index (χ2n) is 5.99. The maximum Gasteiger partial charge on any atom is 0.241 e. The molecule has 0 radical (unpaired) electrons. The quantitative estimate of drug-likeness (QED) is 0.909. The Hall–Kier alpha value is -0.390. The highest BCUT2D eigenvalue weighted by Gasteiger charge is 2.37. The summed E-state index contributed by atoms with van der Waals surface area (Å²) in [6, 6.07) is 5.32. The molecule has 3 nitrogen and oxygen atoms in total. The van der Waals surface area contributed by atoms with E-state index in [2.05, 4.69) is 34.5 Å². The van der Waals surface area contributed by atoms with E-state index in [0.717, 1.165) is 24.8 Å². The van der Waals surface area contributed by atoms with Crippen molar-refractivity contribution in [2.24, 2.45) is 5.41 Å². The monoisotopic (exact) mass is 345 g/mol. The number of rotatable bonds is 3. The Balaban J connectivity index is 2.28. The van der Waals surface area contributed by atoms with Crippen LogP contribution in [0.1, 0.15) is 38.7 Å². The van der Waals surface area contributed by atoms with Crippen LogP contribution in [-0.2, 0) is 10.0 Å². The number of hydrogen-bond donors (Lipinski definition) is 1. The molecular weight excluding hydrogens is 326 g/mol. The van der Waals surface area contributed by atoms with Crippen LogP contribution in [0.5, 0.6) is 0 Å². The molecule has 0 amide bonds. The van der Waals surface area contributed by atoms with Crippen LogP contribution < -0.4 is 4.72 Å². The number of nitrogens with one attached hydrogen (secondary N) is 1. The molecule has 1 aliphatic carbocycles. The maximum atomic E-state index is 12.5. The van der Waals surface area contributed by atoms with Crippen molar-refractivity contribution < 1.29 is 8.42 Å². The van der Waals surface area contributed by atoms with Crippen molar-refractivity contribution in [3.05, 3.63) is 28.2 Å². The fraction of sp³-hybridized carbons (Fsp3) is 0.571. The normalized spacial score (nSPS) is 22.6. The zero-order valence-corrected chi connectivity index (χ0v) is 13.9. The highest BCUT2D eigenvalue weighted by molar-refractivity contribution is 9.10. The van der Waals surface area contributed by atoms with Gasteiger partial charge in [0.05, 0.1) is 4.90 Å². The predicted molar refractivity (Wildman–Crippen MR) is 80.6 cm³/mol. The molecule has 1 aliphatic rings. The molecule has 0 heterocycles. The summed E-state index contributed by atoms with van der Waals surface area (Å²) in [6.07, 6.45) is 3.06. The molecule has 1 fully saturated rings. The van der Waals surface area contributed by atoms with Crippen molar-refractivity contribution >= 4 is 26.0 Å². The fourth-order valence-corrected chi connectivity index (χ4v) is 5.25. The second-order valence-corrected chi connectivity index (χ2v) is 8.53. The molecule has 1 saturated carbocycles. The van der Waals surface area contributed by atoms with E-state index < -0.39 is 10.0 Å². The smallest absolute Gasteiger partial charge is 0.208 e. The first kappa shape index (κ1) is 15.0. The predicted octanol–water partition coefficient (Wildman–Crippen LogP) is 3.61. The summed E-state index contributed by atoms with van der Waals surface area (Å²) in [5, 5.41) is 0. The van der Waals surface area contributed by atoms with Crippen molar-refractivity contribution in [2.45, 2.75) is 51.0 Å². The molecule has 1 aromatic rings. The average molecular weight is 346 g/mol. The summed E-state index contributed by atoms with van der Waals surface area (Å²) < 4.78 is 28.4. The molecule has 106 valence electrons. The van der Waals surface area contributed by atoms with Crippen LogP contribution in [0.2, 0.25) is 0 Å². The minimum atomic E-state index is -3.46. The van der Waals surface area contributed by atoms with Crippen LogP contribution in [0.15, 0.2) is 27.6 Å². The number of halogens is 1. The van der Waals surface area contributed by atoms with Crippen molar-refractivity contribution in [1.29, 1.82) is 0 Å². The van der Waals surface area contributed by atoms with Gasteiger partial charge in [-0.05, 0) is 58.8 Å². The third-order valence-electron chi connectivity index (χ3n) is 3.93. The van der Waals surface area contributed by atoms with Gasteiger partial charge in [0.25, 0.3) is 0 Å². The molecule has 1 atom stereocenters. The highest BCUT2D eigenvalue weighted by atomic mass is 79.9. The van der Waals surface area contributed by atoms with E-state index >= 15 is 0 Å². The first-order chi connectivity index (χ1) is 8.72. The Labute approximate surface area is 124 Å². The highest BCUT2D eigenvalue weighted by Crippen LogP contribution is 2.38. The van der Waals surface area contributed by atoms with Gasteiger partial charge in [0.2, 0.25) is 10.0 Å². The minimum absolute atomic E-state index is 0.0192. The van der Waals surface area contributed by atoms with E-state index in [0.29, 0.717) is 9.37 Å². The molecule has 1 N–H and O–H groups in total. The van der Waals surface area contributed by atoms with Gasteiger partial charge < -0.3 is 0 Å². The minimum Gasteiger partial charge on any atom is -0.208 e. The fourth-order valence-electron chi connectivity index (χ4n) is 2.62. The van der Waals surface area contributed by atoms with Gasteiger partial charge in [-0.3, -0.25) is 0 Å². The van der Waals surface area contributed by atoms with Crippen LogP contribution >= 0.6 is 15.9 Å². The molecule has 0 aliphatic heterocycles. The lowest BCUT2D eigenvalue weighted by Crippen LogP contribution is -2.41. The van der Waals surface area contributed by atoms with Crippen LogP contribution in [-0.4, -0.2) is 14.5 Å². The van der Waals surface area contributed by atoms with Crippen LogP contribution in [0.25, 0.3) is 0 Å². The maximum absolute atomic E-state index is 12.5. The zero-order chi connectivity index (χ0) is 14.3. The largest absolute Gasteiger partial charge is 0.241 e. The molecular formula is C14H20BrNO2S. The van der Waals surface area contributed by atoms with Crippen molar-refractivity contribution in [3.8, 4) is 0 Å². The van der Waals surface area contributed by atoms with Gasteiger partial charge >= 0.3 is 0 Å². The van der Waals surface area contributed by atoms with E-state index in [4.69, 9.17) is 0 Å². The third kappa shape index (κ3) is 3.20. The molecule has 1 aromatic carbocycles. The van der Waals surface area contributed by atoms with E-state index in [9.17, 15) is 8.42 Å². The van der Waals surface area contributed by atoms with Gasteiger partial charge in [-0.25, -0.2) is 13.1 Å². The summed E-state index contributed by atoms with van der Waals surface area (Å²) in [4.78, 5) is 0.320. The second kappa shape index (κ2) is 5.19. The van der Waals surface area contributed by atoms with Gasteiger partial charge in [-0.1, -0.05) is 26.3 Å². The van der Waals surface area contributed by atoms with Crippen LogP contribution in [0, 0.1) is 12.3 Å². The average Bonchev–Trinajstić information content (AvgIpc) is 2.56. The molecule has 0 aromatic heterocycles. The lowest BCUT2D eigenvalue weighted by atomic mass is 9.88. The SMILES string of the molecule is Cc1ccc(S(=O)(=O)NC2CCCC2(C)C)c(Br)c1. The molecule has 2 rings (SSSR count). The van der Waals surface area contributed by atoms with Gasteiger partial charge in [0, 0.05) is 10.5 Å². The van der Waals surface area contributed by atoms with E-state index in [1.165, 1.54) is 0 Å². The Kier molecular flexibility index (Phi) is 4.10. The van der Waals surface area contributed by atoms with Crippen molar-refractivity contribution in [1.82, 2.24) is 4.72 Å². The lowest BCUT2D eigenvalue weighted by Gasteiger charge is -2.27. The Morgan fingerprint density at radius 3 is 2.58 bits per heavy atom. The Morgan fingerprint density at radius 1 is 1.37 bits per heavy atom. The lowest BCUT2D eigenvalue weighted by molar-refractivity contribution is 0.313. The zero-order valence-electron chi connectivity index (χ0n) is 11.5. The van der Waals surface area contributed by atoms with Crippen molar-refractivity contribution in [2.75, 3.05) is 0 Å². The Morgan fingerprint density at radius 2 is 2.05 bits per heavy atom. The molecule has 0 bridgehead atoms. The van der Waals surface area contributed by atoms with Crippen LogP contribution in [0.3, 0.4) is 0 Å². The summed E-state index contributed by atoms with van der Waals surface area (Å²) in [7, 11) is -3.46. The molecule has 1 unspecified atom stereocenters. The van der Waals surface area contributed by atoms with E-state index in [1.54, 1.807) is 6.07 Å². The third-order valence-corrected chi connectivity index (χ3v) is 6.38. The number of hydrogen-bond acceptors (Lipinski definition) is 2. The van der Waals surface area contributed by atoms with Gasteiger partial charge in [0.1, 0.15) is 0 Å². The first-order valence-corrected chi connectivity index (χ1v) is 8.78. The van der Waals surface area contributed by atoms with Gasteiger partial charge in [0.15, 0.2) is 0 Å². The summed E-state index contributed by atoms with van der Waals surface area (Å²) in [5.74, 6) is 0. The molecule has 0 spiro atoms. The van der Waals surface area contributed by atoms with E-state index in [-0.39, 0.29) is 11.5 Å². The topological polar surface area (TPSA) is 46.2 Å². The molecule has 5 heteroatoms. The molecule has 0 saturated heterocycles.